The van der Waals surface area contributed by atoms with Crippen molar-refractivity contribution < 1.29 is 14.3 Å². The van der Waals surface area contributed by atoms with Gasteiger partial charge in [-0.3, -0.25) is 9.78 Å². The van der Waals surface area contributed by atoms with Crippen LogP contribution in [0.2, 0.25) is 10.0 Å². The van der Waals surface area contributed by atoms with E-state index in [9.17, 15) is 9.59 Å². The third kappa shape index (κ3) is 5.24. The fourth-order valence-electron chi connectivity index (χ4n) is 3.75. The lowest BCUT2D eigenvalue weighted by Crippen LogP contribution is -2.28. The summed E-state index contributed by atoms with van der Waals surface area (Å²) in [5.41, 5.74) is 3.30. The number of aromatic nitrogens is 2. The second-order valence-electron chi connectivity index (χ2n) is 7.85. The maximum absolute atomic E-state index is 13.3. The van der Waals surface area contributed by atoms with Crippen LogP contribution in [0.3, 0.4) is 0 Å². The maximum atomic E-state index is 13.3. The van der Waals surface area contributed by atoms with E-state index >= 15 is 0 Å². The van der Waals surface area contributed by atoms with Gasteiger partial charge in [-0.1, -0.05) is 35.3 Å². The highest BCUT2D eigenvalue weighted by molar-refractivity contribution is 6.32. The van der Waals surface area contributed by atoms with Crippen LogP contribution in [-0.4, -0.2) is 28.0 Å². The van der Waals surface area contributed by atoms with Gasteiger partial charge < -0.3 is 14.6 Å². The zero-order chi connectivity index (χ0) is 24.2. The van der Waals surface area contributed by atoms with Crippen molar-refractivity contribution in [1.82, 2.24) is 14.9 Å². The van der Waals surface area contributed by atoms with E-state index in [4.69, 9.17) is 27.9 Å². The number of carbonyl (C=O) groups excluding carboxylic acids is 2. The number of carbonyl (C=O) groups is 2. The molecule has 2 aromatic heterocycles. The third-order valence-electron chi connectivity index (χ3n) is 5.42. The SMILES string of the molecule is CCOC(=O)c1ccc(C(C)NC(=O)c2cc(Cl)cc3ccn(Cc4ccc(Cl)cc4)c23)nc1. The van der Waals surface area contributed by atoms with Crippen molar-refractivity contribution in [3.8, 4) is 0 Å². The molecule has 6 nitrogen and oxygen atoms in total. The predicted octanol–water partition coefficient (Wildman–Crippen LogP) is 6.06. The molecule has 174 valence electrons. The number of halogens is 2. The summed E-state index contributed by atoms with van der Waals surface area (Å²) < 4.78 is 7.00. The number of esters is 1. The van der Waals surface area contributed by atoms with Gasteiger partial charge >= 0.3 is 5.97 Å². The molecule has 2 heterocycles. The van der Waals surface area contributed by atoms with Crippen molar-refractivity contribution in [1.29, 1.82) is 0 Å². The molecule has 0 aliphatic carbocycles. The monoisotopic (exact) mass is 495 g/mol. The van der Waals surface area contributed by atoms with Gasteiger partial charge in [0.1, 0.15) is 0 Å². The number of nitrogens with one attached hydrogen (secondary N) is 1. The quantitative estimate of drug-likeness (QED) is 0.316. The van der Waals surface area contributed by atoms with Crippen LogP contribution in [0.4, 0.5) is 0 Å². The summed E-state index contributed by atoms with van der Waals surface area (Å²) in [6.07, 6.45) is 3.39. The van der Waals surface area contributed by atoms with Crippen LogP contribution in [0, 0.1) is 0 Å². The molecule has 0 saturated heterocycles. The van der Waals surface area contributed by atoms with E-state index in [1.165, 1.54) is 6.20 Å². The van der Waals surface area contributed by atoms with Crippen LogP contribution in [0.5, 0.6) is 0 Å². The second kappa shape index (κ2) is 10.3. The van der Waals surface area contributed by atoms with Gasteiger partial charge in [0.05, 0.1) is 35.0 Å². The number of fused-ring (bicyclic) bond motifs is 1. The Kier molecular flexibility index (Phi) is 7.20. The zero-order valence-corrected chi connectivity index (χ0v) is 20.2. The minimum Gasteiger partial charge on any atom is -0.462 e. The van der Waals surface area contributed by atoms with Crippen LogP contribution in [-0.2, 0) is 11.3 Å². The topological polar surface area (TPSA) is 73.2 Å². The van der Waals surface area contributed by atoms with Gasteiger partial charge in [-0.15, -0.1) is 0 Å². The fourth-order valence-corrected chi connectivity index (χ4v) is 4.10. The minimum absolute atomic E-state index is 0.271. The Balaban J connectivity index is 1.58. The molecular weight excluding hydrogens is 473 g/mol. The standard InChI is InChI=1S/C26H23Cl2N3O3/c1-3-34-26(33)19-6-9-23(29-14-19)16(2)30-25(32)22-13-21(28)12-18-10-11-31(24(18)22)15-17-4-7-20(27)8-5-17/h4-14,16H,3,15H2,1-2H3,(H,30,32). The average Bonchev–Trinajstić information content (AvgIpc) is 3.22. The Bertz CT molecular complexity index is 1330. The first kappa shape index (κ1) is 23.8. The van der Waals surface area contributed by atoms with Gasteiger partial charge in [0.15, 0.2) is 0 Å². The third-order valence-corrected chi connectivity index (χ3v) is 5.90. The molecule has 0 spiro atoms. The van der Waals surface area contributed by atoms with Crippen LogP contribution in [0.25, 0.3) is 10.9 Å². The van der Waals surface area contributed by atoms with Gasteiger partial charge in [0.25, 0.3) is 5.91 Å². The first-order valence-corrected chi connectivity index (χ1v) is 11.6. The maximum Gasteiger partial charge on any atom is 0.339 e. The summed E-state index contributed by atoms with van der Waals surface area (Å²) in [5, 5.41) is 5.01. The number of ether oxygens (including phenoxy) is 1. The molecule has 2 aromatic carbocycles. The molecule has 1 atom stereocenters. The van der Waals surface area contributed by atoms with Crippen molar-refractivity contribution in [3.63, 3.8) is 0 Å². The number of rotatable bonds is 7. The van der Waals surface area contributed by atoms with Crippen molar-refractivity contribution in [3.05, 3.63) is 99.4 Å². The largest absolute Gasteiger partial charge is 0.462 e. The lowest BCUT2D eigenvalue weighted by molar-refractivity contribution is 0.0525. The molecule has 4 rings (SSSR count). The Morgan fingerprint density at radius 1 is 1.06 bits per heavy atom. The van der Waals surface area contributed by atoms with Crippen molar-refractivity contribution in [2.75, 3.05) is 6.61 Å². The molecule has 0 aliphatic rings. The summed E-state index contributed by atoms with van der Waals surface area (Å²) in [5.74, 6) is -0.701. The molecule has 1 unspecified atom stereocenters. The van der Waals surface area contributed by atoms with Gasteiger partial charge in [-0.25, -0.2) is 4.79 Å². The van der Waals surface area contributed by atoms with Crippen LogP contribution < -0.4 is 5.32 Å². The molecule has 4 aromatic rings. The van der Waals surface area contributed by atoms with Crippen LogP contribution in [0.1, 0.15) is 51.9 Å². The molecule has 0 radical (unpaired) electrons. The molecule has 34 heavy (non-hydrogen) atoms. The summed E-state index contributed by atoms with van der Waals surface area (Å²) in [7, 11) is 0. The molecule has 1 amide bonds. The first-order chi connectivity index (χ1) is 16.4. The number of hydrogen-bond acceptors (Lipinski definition) is 4. The number of hydrogen-bond donors (Lipinski definition) is 1. The summed E-state index contributed by atoms with van der Waals surface area (Å²) in [4.78, 5) is 29.5. The highest BCUT2D eigenvalue weighted by Crippen LogP contribution is 2.27. The fraction of sp³-hybridized carbons (Fsp3) is 0.192. The zero-order valence-electron chi connectivity index (χ0n) is 18.7. The molecule has 0 saturated carbocycles. The van der Waals surface area contributed by atoms with E-state index in [0.29, 0.717) is 40.0 Å². The van der Waals surface area contributed by atoms with E-state index < -0.39 is 12.0 Å². The summed E-state index contributed by atoms with van der Waals surface area (Å²) in [6, 6.07) is 16.0. The Morgan fingerprint density at radius 2 is 1.82 bits per heavy atom. The highest BCUT2D eigenvalue weighted by Gasteiger charge is 2.19. The predicted molar refractivity (Wildman–Crippen MR) is 134 cm³/mol. The molecule has 8 heteroatoms. The summed E-state index contributed by atoms with van der Waals surface area (Å²) >= 11 is 12.3. The van der Waals surface area contributed by atoms with Crippen molar-refractivity contribution in [2.45, 2.75) is 26.4 Å². The summed E-state index contributed by atoms with van der Waals surface area (Å²) in [6.45, 7) is 4.45. The van der Waals surface area contributed by atoms with E-state index in [2.05, 4.69) is 10.3 Å². The lowest BCUT2D eigenvalue weighted by atomic mass is 10.1. The van der Waals surface area contributed by atoms with Gasteiger partial charge in [-0.2, -0.15) is 0 Å². The van der Waals surface area contributed by atoms with Crippen LogP contribution in [0.15, 0.2) is 67.0 Å². The normalized spacial score (nSPS) is 11.9. The Morgan fingerprint density at radius 3 is 2.50 bits per heavy atom. The van der Waals surface area contributed by atoms with E-state index in [-0.39, 0.29) is 5.91 Å². The van der Waals surface area contributed by atoms with E-state index in [0.717, 1.165) is 16.5 Å². The van der Waals surface area contributed by atoms with Gasteiger partial charge in [0, 0.05) is 34.4 Å². The second-order valence-corrected chi connectivity index (χ2v) is 8.72. The molecule has 1 N–H and O–H groups in total. The van der Waals surface area contributed by atoms with Gasteiger partial charge in [0.2, 0.25) is 0 Å². The first-order valence-electron chi connectivity index (χ1n) is 10.8. The smallest absolute Gasteiger partial charge is 0.339 e. The Hall–Kier alpha value is -3.35. The van der Waals surface area contributed by atoms with Crippen molar-refractivity contribution >= 4 is 46.0 Å². The molecule has 0 fully saturated rings. The van der Waals surface area contributed by atoms with Crippen LogP contribution >= 0.6 is 23.2 Å². The van der Waals surface area contributed by atoms with E-state index in [1.54, 1.807) is 25.1 Å². The lowest BCUT2D eigenvalue weighted by Gasteiger charge is -2.16. The number of nitrogens with zero attached hydrogens (tertiary/aromatic N) is 2. The minimum atomic E-state index is -0.430. The number of amides is 1. The highest BCUT2D eigenvalue weighted by atomic mass is 35.5. The Labute approximate surface area is 207 Å². The number of benzene rings is 2. The molecule has 0 aliphatic heterocycles. The average molecular weight is 496 g/mol. The molecule has 0 bridgehead atoms. The van der Waals surface area contributed by atoms with Gasteiger partial charge in [-0.05, 0) is 61.9 Å². The number of pyridine rings is 1. The van der Waals surface area contributed by atoms with E-state index in [1.807, 2.05) is 54.1 Å². The van der Waals surface area contributed by atoms with Crippen molar-refractivity contribution in [2.24, 2.45) is 0 Å². The molecular formula is C26H23Cl2N3O3.